The van der Waals surface area contributed by atoms with Gasteiger partial charge in [-0.1, -0.05) is 62.4 Å². The summed E-state index contributed by atoms with van der Waals surface area (Å²) < 4.78 is 0. The lowest BCUT2D eigenvalue weighted by molar-refractivity contribution is 0.0902. The van der Waals surface area contributed by atoms with Gasteiger partial charge in [-0.25, -0.2) is 0 Å². The van der Waals surface area contributed by atoms with E-state index in [0.717, 1.165) is 0 Å². The van der Waals surface area contributed by atoms with Crippen molar-refractivity contribution in [1.82, 2.24) is 0 Å². The smallest absolute Gasteiger partial charge is 0.0175 e. The van der Waals surface area contributed by atoms with Gasteiger partial charge in [0.1, 0.15) is 0 Å². The molecular formula is C40H38. The zero-order valence-electron chi connectivity index (χ0n) is 24.8. The van der Waals surface area contributed by atoms with E-state index in [0.29, 0.717) is 0 Å². The molecule has 6 aromatic rings. The van der Waals surface area contributed by atoms with Gasteiger partial charge in [-0.2, -0.15) is 0 Å². The molecule has 198 valence electrons. The topological polar surface area (TPSA) is 0 Å². The van der Waals surface area contributed by atoms with Crippen LogP contribution in [0.1, 0.15) is 58.4 Å². The molecule has 0 N–H and O–H groups in total. The van der Waals surface area contributed by atoms with Gasteiger partial charge in [0.2, 0.25) is 0 Å². The van der Waals surface area contributed by atoms with Crippen LogP contribution in [0.15, 0.2) is 72.8 Å². The summed E-state index contributed by atoms with van der Waals surface area (Å²) in [6.45, 7) is 14.0. The van der Waals surface area contributed by atoms with Gasteiger partial charge in [0.15, 0.2) is 0 Å². The lowest BCUT2D eigenvalue weighted by Gasteiger charge is -2.42. The summed E-state index contributed by atoms with van der Waals surface area (Å²) in [6, 6.07) is 29.1. The molecule has 0 atom stereocenters. The molecule has 0 heterocycles. The van der Waals surface area contributed by atoms with E-state index in [2.05, 4.69) is 114 Å². The molecule has 0 fully saturated rings. The van der Waals surface area contributed by atoms with Crippen LogP contribution >= 0.6 is 0 Å². The Morgan fingerprint density at radius 2 is 0.525 bits per heavy atom. The molecule has 0 radical (unpaired) electrons. The van der Waals surface area contributed by atoms with Crippen LogP contribution in [0, 0.1) is 38.5 Å². The number of fused-ring (bicyclic) bond motifs is 6. The largest absolute Gasteiger partial charge is 0.0585 e. The summed E-state index contributed by atoms with van der Waals surface area (Å²) >= 11 is 0. The van der Waals surface area contributed by atoms with Crippen molar-refractivity contribution in [1.29, 1.82) is 0 Å². The molecule has 0 amide bonds. The predicted molar refractivity (Wildman–Crippen MR) is 173 cm³/mol. The minimum atomic E-state index is 0.253. The second-order valence-electron chi connectivity index (χ2n) is 14.0. The first-order valence-electron chi connectivity index (χ1n) is 15.0. The highest BCUT2D eigenvalue weighted by Gasteiger charge is 2.50. The monoisotopic (exact) mass is 518 g/mol. The summed E-state index contributed by atoms with van der Waals surface area (Å²) in [6.07, 6.45) is 4.71. The normalized spacial score (nSPS) is 17.2. The van der Waals surface area contributed by atoms with Gasteiger partial charge < -0.3 is 0 Å². The highest BCUT2D eigenvalue weighted by atomic mass is 14.5. The number of aryl methyl sites for hydroxylation is 4. The Kier molecular flexibility index (Phi) is 4.82. The van der Waals surface area contributed by atoms with Crippen molar-refractivity contribution in [2.24, 2.45) is 10.8 Å². The molecule has 40 heavy (non-hydrogen) atoms. The van der Waals surface area contributed by atoms with Crippen LogP contribution in [0.3, 0.4) is 0 Å². The summed E-state index contributed by atoms with van der Waals surface area (Å²) in [5.41, 5.74) is 12.3. The Balaban J connectivity index is 1.16. The number of hydrogen-bond donors (Lipinski definition) is 0. The lowest BCUT2D eigenvalue weighted by atomic mass is 9.62. The SMILES string of the molecule is Cc1cc2cc3cc4c(cc3cc2cc1C)CC(C)(C1(C)Cc2cc3cc5cc(C)c(C)cc5cc3cc2C1)C4. The van der Waals surface area contributed by atoms with Crippen LogP contribution in [-0.2, 0) is 25.7 Å². The van der Waals surface area contributed by atoms with Crippen molar-refractivity contribution in [2.75, 3.05) is 0 Å². The number of rotatable bonds is 1. The lowest BCUT2D eigenvalue weighted by Crippen LogP contribution is -2.39. The molecule has 0 nitrogen and oxygen atoms in total. The third kappa shape index (κ3) is 3.44. The van der Waals surface area contributed by atoms with E-state index in [-0.39, 0.29) is 10.8 Å². The Bertz CT molecular complexity index is 1780. The van der Waals surface area contributed by atoms with Crippen LogP contribution in [0.25, 0.3) is 43.1 Å². The number of benzene rings is 6. The minimum absolute atomic E-state index is 0.253. The van der Waals surface area contributed by atoms with E-state index in [4.69, 9.17) is 0 Å². The minimum Gasteiger partial charge on any atom is -0.0585 e. The average molecular weight is 519 g/mol. The zero-order chi connectivity index (χ0) is 27.6. The fourth-order valence-corrected chi connectivity index (χ4v) is 8.16. The Labute approximate surface area is 238 Å². The van der Waals surface area contributed by atoms with Crippen molar-refractivity contribution in [2.45, 2.75) is 67.2 Å². The molecule has 0 unspecified atom stereocenters. The first kappa shape index (κ1) is 24.2. The quantitative estimate of drug-likeness (QED) is 0.190. The van der Waals surface area contributed by atoms with Crippen molar-refractivity contribution >= 4 is 43.1 Å². The second kappa shape index (κ2) is 7.97. The van der Waals surface area contributed by atoms with Crippen molar-refractivity contribution < 1.29 is 0 Å². The fourth-order valence-electron chi connectivity index (χ4n) is 8.16. The molecule has 0 saturated carbocycles. The second-order valence-corrected chi connectivity index (χ2v) is 14.0. The maximum atomic E-state index is 2.58. The van der Waals surface area contributed by atoms with E-state index in [9.17, 15) is 0 Å². The molecule has 0 aromatic heterocycles. The first-order valence-corrected chi connectivity index (χ1v) is 15.0. The third-order valence-corrected chi connectivity index (χ3v) is 11.2. The third-order valence-electron chi connectivity index (χ3n) is 11.2. The molecule has 0 aliphatic heterocycles. The van der Waals surface area contributed by atoms with Crippen molar-refractivity contribution in [3.63, 3.8) is 0 Å². The fraction of sp³-hybridized carbons (Fsp3) is 0.300. The zero-order valence-corrected chi connectivity index (χ0v) is 24.8. The molecular weight excluding hydrogens is 480 g/mol. The van der Waals surface area contributed by atoms with Crippen LogP contribution < -0.4 is 0 Å². The van der Waals surface area contributed by atoms with Crippen molar-refractivity contribution in [3.05, 3.63) is 117 Å². The highest BCUT2D eigenvalue weighted by Crippen LogP contribution is 2.56. The van der Waals surface area contributed by atoms with Crippen LogP contribution in [0.4, 0.5) is 0 Å². The van der Waals surface area contributed by atoms with Gasteiger partial charge in [0, 0.05) is 0 Å². The molecule has 0 saturated heterocycles. The maximum absolute atomic E-state index is 2.58. The van der Waals surface area contributed by atoms with Crippen molar-refractivity contribution in [3.8, 4) is 0 Å². The molecule has 2 aliphatic carbocycles. The summed E-state index contributed by atoms with van der Waals surface area (Å²) in [5, 5.41) is 11.0. The van der Waals surface area contributed by atoms with E-state index >= 15 is 0 Å². The molecule has 0 bridgehead atoms. The standard InChI is InChI=1S/C40H38/c1-23-7-27-11-31-15-35-19-39(5,20-36(35)16-32(31)12-28(27)8-24(23)2)40(6)21-37-17-33-13-29-9-25(3)26(4)10-30(29)14-34(33)18-38(37)22-40/h7-18H,19-22H2,1-6H3. The van der Waals surface area contributed by atoms with Gasteiger partial charge in [0.05, 0.1) is 0 Å². The Morgan fingerprint density at radius 3 is 0.750 bits per heavy atom. The van der Waals surface area contributed by atoms with Crippen LogP contribution in [0.2, 0.25) is 0 Å². The van der Waals surface area contributed by atoms with Gasteiger partial charge in [-0.15, -0.1) is 0 Å². The van der Waals surface area contributed by atoms with Gasteiger partial charge in [-0.3, -0.25) is 0 Å². The Morgan fingerprint density at radius 1 is 0.325 bits per heavy atom. The summed E-state index contributed by atoms with van der Waals surface area (Å²) in [5.74, 6) is 0. The molecule has 6 aromatic carbocycles. The molecule has 2 aliphatic rings. The Hall–Kier alpha value is -3.64. The number of hydrogen-bond acceptors (Lipinski definition) is 0. The molecule has 0 spiro atoms. The first-order chi connectivity index (χ1) is 19.1. The van der Waals surface area contributed by atoms with Gasteiger partial charge in [-0.05, 0) is 176 Å². The van der Waals surface area contributed by atoms with Crippen LogP contribution in [0.5, 0.6) is 0 Å². The van der Waals surface area contributed by atoms with Gasteiger partial charge >= 0.3 is 0 Å². The highest BCUT2D eigenvalue weighted by molar-refractivity contribution is 6.00. The predicted octanol–water partition coefficient (Wildman–Crippen LogP) is 10.4. The molecule has 8 rings (SSSR count). The van der Waals surface area contributed by atoms with E-state index in [1.54, 1.807) is 22.3 Å². The van der Waals surface area contributed by atoms with Gasteiger partial charge in [0.25, 0.3) is 0 Å². The van der Waals surface area contributed by atoms with E-state index in [1.165, 1.54) is 91.0 Å². The summed E-state index contributed by atoms with van der Waals surface area (Å²) in [4.78, 5) is 0. The molecule has 0 heteroatoms. The van der Waals surface area contributed by atoms with E-state index < -0.39 is 0 Å². The van der Waals surface area contributed by atoms with Crippen LogP contribution in [-0.4, -0.2) is 0 Å². The summed E-state index contributed by atoms with van der Waals surface area (Å²) in [7, 11) is 0. The average Bonchev–Trinajstić information content (AvgIpc) is 3.42. The van der Waals surface area contributed by atoms with E-state index in [1.807, 2.05) is 0 Å². The maximum Gasteiger partial charge on any atom is -0.0175 e.